The fourth-order valence-corrected chi connectivity index (χ4v) is 1.85. The summed E-state index contributed by atoms with van der Waals surface area (Å²) in [6, 6.07) is 0. The molecule has 0 rings (SSSR count). The van der Waals surface area contributed by atoms with Crippen molar-refractivity contribution in [2.75, 3.05) is 18.6 Å². The Kier molecular flexibility index (Phi) is 7.28. The van der Waals surface area contributed by atoms with Crippen molar-refractivity contribution in [3.05, 3.63) is 0 Å². The smallest absolute Gasteiger partial charge is 0.305 e. The second-order valence-corrected chi connectivity index (χ2v) is 4.22. The molecule has 0 aromatic carbocycles. The van der Waals surface area contributed by atoms with Crippen LogP contribution in [0.25, 0.3) is 0 Å². The zero-order valence-electron chi connectivity index (χ0n) is 8.49. The molecule has 0 radical (unpaired) electrons. The van der Waals surface area contributed by atoms with Crippen molar-refractivity contribution in [3.8, 4) is 0 Å². The number of rotatable bonds is 7. The molecule has 0 aliphatic heterocycles. The van der Waals surface area contributed by atoms with Crippen LogP contribution in [-0.4, -0.2) is 35.7 Å². The van der Waals surface area contributed by atoms with Gasteiger partial charge in [0, 0.05) is 12.8 Å². The van der Waals surface area contributed by atoms with Crippen LogP contribution in [0, 0.1) is 5.92 Å². The highest BCUT2D eigenvalue weighted by Gasteiger charge is 2.17. The van der Waals surface area contributed by atoms with Gasteiger partial charge in [0.2, 0.25) is 0 Å². The molecule has 1 atom stereocenters. The number of carboxylic acid groups (broad SMARTS) is 1. The van der Waals surface area contributed by atoms with Gasteiger partial charge in [0.15, 0.2) is 0 Å². The lowest BCUT2D eigenvalue weighted by Gasteiger charge is -2.11. The minimum Gasteiger partial charge on any atom is -0.481 e. The van der Waals surface area contributed by atoms with E-state index >= 15 is 0 Å². The number of carbonyl (C=O) groups excluding carboxylic acids is 1. The third-order valence-corrected chi connectivity index (χ3v) is 2.82. The van der Waals surface area contributed by atoms with Gasteiger partial charge in [-0.2, -0.15) is 11.8 Å². The first-order chi connectivity index (χ1) is 6.60. The lowest BCUT2D eigenvalue weighted by atomic mass is 10.0. The van der Waals surface area contributed by atoms with Crippen molar-refractivity contribution in [1.29, 1.82) is 0 Å². The van der Waals surface area contributed by atoms with E-state index in [1.165, 1.54) is 7.11 Å². The minimum atomic E-state index is -0.865. The third kappa shape index (κ3) is 6.77. The van der Waals surface area contributed by atoms with E-state index in [-0.39, 0.29) is 24.7 Å². The fourth-order valence-electron chi connectivity index (χ4n) is 1.04. The Bertz CT molecular complexity index is 193. The van der Waals surface area contributed by atoms with E-state index in [1.54, 1.807) is 11.8 Å². The average Bonchev–Trinajstić information content (AvgIpc) is 2.13. The number of thioether (sulfide) groups is 1. The quantitative estimate of drug-likeness (QED) is 0.657. The number of hydrogen-bond donors (Lipinski definition) is 1. The van der Waals surface area contributed by atoms with E-state index < -0.39 is 5.97 Å². The molecule has 0 fully saturated rings. The molecular weight excluding hydrogens is 204 g/mol. The van der Waals surface area contributed by atoms with Gasteiger partial charge in [0.1, 0.15) is 0 Å². The summed E-state index contributed by atoms with van der Waals surface area (Å²) in [6.45, 7) is 2.00. The molecule has 82 valence electrons. The SMILES string of the molecule is CCSCC(CC(=O)O)CC(=O)OC. The van der Waals surface area contributed by atoms with Gasteiger partial charge in [-0.15, -0.1) is 0 Å². The summed E-state index contributed by atoms with van der Waals surface area (Å²) in [6.07, 6.45) is 0.220. The van der Waals surface area contributed by atoms with Gasteiger partial charge in [-0.25, -0.2) is 0 Å². The second kappa shape index (κ2) is 7.67. The Labute approximate surface area is 88.0 Å². The molecule has 0 aromatic heterocycles. The molecule has 0 saturated heterocycles. The van der Waals surface area contributed by atoms with E-state index in [2.05, 4.69) is 4.74 Å². The van der Waals surface area contributed by atoms with E-state index in [0.29, 0.717) is 5.75 Å². The molecule has 1 unspecified atom stereocenters. The summed E-state index contributed by atoms with van der Waals surface area (Å²) in [4.78, 5) is 21.4. The molecule has 0 amide bonds. The Morgan fingerprint density at radius 2 is 2.07 bits per heavy atom. The Morgan fingerprint density at radius 1 is 1.43 bits per heavy atom. The van der Waals surface area contributed by atoms with Crippen molar-refractivity contribution < 1.29 is 19.4 Å². The molecule has 14 heavy (non-hydrogen) atoms. The third-order valence-electron chi connectivity index (χ3n) is 1.70. The highest BCUT2D eigenvalue weighted by atomic mass is 32.2. The number of hydrogen-bond acceptors (Lipinski definition) is 4. The number of aliphatic carboxylic acids is 1. The van der Waals surface area contributed by atoms with E-state index in [0.717, 1.165) is 5.75 Å². The topological polar surface area (TPSA) is 63.6 Å². The fraction of sp³-hybridized carbons (Fsp3) is 0.778. The maximum atomic E-state index is 10.9. The standard InChI is InChI=1S/C9H16O4S/c1-3-14-6-7(4-8(10)11)5-9(12)13-2/h7H,3-6H2,1-2H3,(H,10,11). The number of carbonyl (C=O) groups is 2. The van der Waals surface area contributed by atoms with Gasteiger partial charge >= 0.3 is 11.9 Å². The normalized spacial score (nSPS) is 12.1. The van der Waals surface area contributed by atoms with E-state index in [1.807, 2.05) is 6.92 Å². The summed E-state index contributed by atoms with van der Waals surface area (Å²) in [5.41, 5.74) is 0. The van der Waals surface area contributed by atoms with Gasteiger partial charge in [-0.05, 0) is 17.4 Å². The van der Waals surface area contributed by atoms with Crippen molar-refractivity contribution in [3.63, 3.8) is 0 Å². The number of ether oxygens (including phenoxy) is 1. The number of carboxylic acids is 1. The molecule has 0 aromatic rings. The predicted octanol–water partition coefficient (Wildman–Crippen LogP) is 1.39. The minimum absolute atomic E-state index is 0.0299. The van der Waals surface area contributed by atoms with Gasteiger partial charge < -0.3 is 9.84 Å². The van der Waals surface area contributed by atoms with Crippen LogP contribution < -0.4 is 0 Å². The van der Waals surface area contributed by atoms with Gasteiger partial charge in [-0.3, -0.25) is 9.59 Å². The molecule has 0 saturated carbocycles. The summed E-state index contributed by atoms with van der Waals surface area (Å²) in [7, 11) is 1.31. The molecule has 0 bridgehead atoms. The first-order valence-corrected chi connectivity index (χ1v) is 5.62. The lowest BCUT2D eigenvalue weighted by Crippen LogP contribution is -2.16. The zero-order chi connectivity index (χ0) is 11.0. The average molecular weight is 220 g/mol. The zero-order valence-corrected chi connectivity index (χ0v) is 9.30. The van der Waals surface area contributed by atoms with Crippen molar-refractivity contribution >= 4 is 23.7 Å². The Morgan fingerprint density at radius 3 is 2.50 bits per heavy atom. The van der Waals surface area contributed by atoms with Crippen molar-refractivity contribution in [2.24, 2.45) is 5.92 Å². The highest BCUT2D eigenvalue weighted by Crippen LogP contribution is 2.16. The van der Waals surface area contributed by atoms with Crippen molar-refractivity contribution in [2.45, 2.75) is 19.8 Å². The van der Waals surface area contributed by atoms with Crippen LogP contribution in [0.4, 0.5) is 0 Å². The van der Waals surface area contributed by atoms with Gasteiger partial charge in [-0.1, -0.05) is 6.92 Å². The number of esters is 1. The summed E-state index contributed by atoms with van der Waals surface area (Å²) in [5, 5.41) is 8.61. The van der Waals surface area contributed by atoms with E-state index in [4.69, 9.17) is 5.11 Å². The van der Waals surface area contributed by atoms with Crippen LogP contribution in [0.3, 0.4) is 0 Å². The maximum Gasteiger partial charge on any atom is 0.305 e. The van der Waals surface area contributed by atoms with Gasteiger partial charge in [0.05, 0.1) is 7.11 Å². The lowest BCUT2D eigenvalue weighted by molar-refractivity contribution is -0.142. The molecule has 0 aliphatic rings. The first-order valence-electron chi connectivity index (χ1n) is 4.46. The Balaban J connectivity index is 3.96. The molecular formula is C9H16O4S. The van der Waals surface area contributed by atoms with Crippen LogP contribution in [0.5, 0.6) is 0 Å². The monoisotopic (exact) mass is 220 g/mol. The van der Waals surface area contributed by atoms with Crippen LogP contribution in [0.2, 0.25) is 0 Å². The number of methoxy groups -OCH3 is 1. The molecule has 0 spiro atoms. The Hall–Kier alpha value is -0.710. The molecule has 1 N–H and O–H groups in total. The molecule has 0 heterocycles. The molecule has 5 heteroatoms. The van der Waals surface area contributed by atoms with Crippen LogP contribution >= 0.6 is 11.8 Å². The van der Waals surface area contributed by atoms with Gasteiger partial charge in [0.25, 0.3) is 0 Å². The molecule has 4 nitrogen and oxygen atoms in total. The van der Waals surface area contributed by atoms with Crippen LogP contribution in [0.15, 0.2) is 0 Å². The van der Waals surface area contributed by atoms with Crippen LogP contribution in [0.1, 0.15) is 19.8 Å². The largest absolute Gasteiger partial charge is 0.481 e. The van der Waals surface area contributed by atoms with Crippen molar-refractivity contribution in [1.82, 2.24) is 0 Å². The summed E-state index contributed by atoms with van der Waals surface area (Å²) < 4.78 is 4.50. The predicted molar refractivity (Wildman–Crippen MR) is 55.4 cm³/mol. The molecule has 0 aliphatic carbocycles. The first kappa shape index (κ1) is 13.3. The van der Waals surface area contributed by atoms with Crippen LogP contribution in [-0.2, 0) is 14.3 Å². The summed E-state index contributed by atoms with van der Waals surface area (Å²) in [5.74, 6) is 0.295. The summed E-state index contributed by atoms with van der Waals surface area (Å²) >= 11 is 1.64. The van der Waals surface area contributed by atoms with E-state index in [9.17, 15) is 9.59 Å². The maximum absolute atomic E-state index is 10.9. The highest BCUT2D eigenvalue weighted by molar-refractivity contribution is 7.99. The second-order valence-electron chi connectivity index (χ2n) is 2.90.